The minimum atomic E-state index is -3.67. The summed E-state index contributed by atoms with van der Waals surface area (Å²) in [5.41, 5.74) is 4.83. The van der Waals surface area contributed by atoms with E-state index in [0.29, 0.717) is 13.0 Å². The summed E-state index contributed by atoms with van der Waals surface area (Å²) in [6.07, 6.45) is 3.98. The number of hydrogen-bond donors (Lipinski definition) is 1. The Morgan fingerprint density at radius 1 is 1.19 bits per heavy atom. The van der Waals surface area contributed by atoms with Gasteiger partial charge < -0.3 is 4.90 Å². The van der Waals surface area contributed by atoms with Gasteiger partial charge in [0.05, 0.1) is 12.2 Å². The molecule has 1 N–H and O–H groups in total. The van der Waals surface area contributed by atoms with E-state index >= 15 is 0 Å². The first kappa shape index (κ1) is 25.0. The maximum absolute atomic E-state index is 12.8. The maximum atomic E-state index is 12.8. The SMILES string of the molecule is CCN(CC)CCCS(=O)(=O)NC(=O)Cc1c(-c2cccnc2)cc(C)cc1C(C)C. The van der Waals surface area contributed by atoms with Crippen molar-refractivity contribution in [3.05, 3.63) is 53.3 Å². The Morgan fingerprint density at radius 3 is 2.48 bits per heavy atom. The largest absolute Gasteiger partial charge is 0.304 e. The summed E-state index contributed by atoms with van der Waals surface area (Å²) in [4.78, 5) is 19.1. The molecule has 0 atom stereocenters. The Labute approximate surface area is 187 Å². The first-order valence-electron chi connectivity index (χ1n) is 11.0. The van der Waals surface area contributed by atoms with Crippen molar-refractivity contribution in [1.82, 2.24) is 14.6 Å². The lowest BCUT2D eigenvalue weighted by Gasteiger charge is -2.19. The zero-order valence-electron chi connectivity index (χ0n) is 19.3. The Bertz CT molecular complexity index is 969. The van der Waals surface area contributed by atoms with E-state index < -0.39 is 15.9 Å². The number of hydrogen-bond acceptors (Lipinski definition) is 5. The van der Waals surface area contributed by atoms with Crippen molar-refractivity contribution in [2.45, 2.75) is 53.4 Å². The zero-order chi connectivity index (χ0) is 23.0. The van der Waals surface area contributed by atoms with Crippen molar-refractivity contribution in [2.24, 2.45) is 0 Å². The highest BCUT2D eigenvalue weighted by Gasteiger charge is 2.20. The zero-order valence-corrected chi connectivity index (χ0v) is 20.1. The Hall–Kier alpha value is -2.25. The van der Waals surface area contributed by atoms with Crippen molar-refractivity contribution < 1.29 is 13.2 Å². The number of carbonyl (C=O) groups is 1. The molecule has 0 aliphatic heterocycles. The van der Waals surface area contributed by atoms with Gasteiger partial charge in [0, 0.05) is 18.0 Å². The third-order valence-electron chi connectivity index (χ3n) is 5.41. The van der Waals surface area contributed by atoms with Crippen LogP contribution in [0.2, 0.25) is 0 Å². The second-order valence-corrected chi connectivity index (χ2v) is 10.0. The lowest BCUT2D eigenvalue weighted by Crippen LogP contribution is -2.35. The smallest absolute Gasteiger partial charge is 0.237 e. The van der Waals surface area contributed by atoms with Crippen molar-refractivity contribution >= 4 is 15.9 Å². The molecule has 0 radical (unpaired) electrons. The molecule has 0 fully saturated rings. The van der Waals surface area contributed by atoms with Crippen LogP contribution in [0.25, 0.3) is 11.1 Å². The van der Waals surface area contributed by atoms with Gasteiger partial charge in [0.2, 0.25) is 15.9 Å². The number of nitrogens with zero attached hydrogens (tertiary/aromatic N) is 2. The van der Waals surface area contributed by atoms with Gasteiger partial charge in [-0.1, -0.05) is 51.5 Å². The minimum Gasteiger partial charge on any atom is -0.304 e. The maximum Gasteiger partial charge on any atom is 0.237 e. The number of sulfonamides is 1. The van der Waals surface area contributed by atoms with Crippen molar-refractivity contribution in [1.29, 1.82) is 0 Å². The summed E-state index contributed by atoms with van der Waals surface area (Å²) in [6, 6.07) is 7.92. The van der Waals surface area contributed by atoms with E-state index in [1.165, 1.54) is 0 Å². The molecule has 1 amide bonds. The monoisotopic (exact) mass is 445 g/mol. The van der Waals surface area contributed by atoms with E-state index in [9.17, 15) is 13.2 Å². The average Bonchev–Trinajstić information content (AvgIpc) is 2.72. The van der Waals surface area contributed by atoms with Crippen molar-refractivity contribution in [2.75, 3.05) is 25.4 Å². The molecule has 1 heterocycles. The molecule has 0 unspecified atom stereocenters. The third-order valence-corrected chi connectivity index (χ3v) is 6.78. The fraction of sp³-hybridized carbons (Fsp3) is 0.500. The van der Waals surface area contributed by atoms with Crippen LogP contribution in [0.4, 0.5) is 0 Å². The molecule has 6 nitrogen and oxygen atoms in total. The predicted molar refractivity (Wildman–Crippen MR) is 127 cm³/mol. The molecule has 2 aromatic rings. The van der Waals surface area contributed by atoms with Crippen LogP contribution in [0.1, 0.15) is 56.7 Å². The molecule has 0 bridgehead atoms. The van der Waals surface area contributed by atoms with E-state index in [-0.39, 0.29) is 18.1 Å². The number of aromatic nitrogens is 1. The van der Waals surface area contributed by atoms with Gasteiger partial charge in [0.1, 0.15) is 0 Å². The molecule has 0 aliphatic rings. The molecule has 2 rings (SSSR count). The van der Waals surface area contributed by atoms with Gasteiger partial charge in [-0.05, 0) is 61.7 Å². The lowest BCUT2D eigenvalue weighted by molar-refractivity contribution is -0.118. The van der Waals surface area contributed by atoms with Crippen LogP contribution < -0.4 is 4.72 Å². The van der Waals surface area contributed by atoms with Crippen LogP contribution in [-0.4, -0.2) is 49.6 Å². The highest BCUT2D eigenvalue weighted by molar-refractivity contribution is 7.90. The number of nitrogens with one attached hydrogen (secondary N) is 1. The topological polar surface area (TPSA) is 79.4 Å². The Kier molecular flexibility index (Phi) is 9.19. The summed E-state index contributed by atoms with van der Waals surface area (Å²) < 4.78 is 27.2. The molecular weight excluding hydrogens is 410 g/mol. The van der Waals surface area contributed by atoms with Gasteiger partial charge in [0.25, 0.3) is 0 Å². The molecule has 0 saturated heterocycles. The highest BCUT2D eigenvalue weighted by Crippen LogP contribution is 2.32. The van der Waals surface area contributed by atoms with Crippen LogP contribution in [0.15, 0.2) is 36.7 Å². The summed E-state index contributed by atoms with van der Waals surface area (Å²) in [6.45, 7) is 12.7. The van der Waals surface area contributed by atoms with Gasteiger partial charge in [-0.15, -0.1) is 0 Å². The number of pyridine rings is 1. The van der Waals surface area contributed by atoms with Crippen molar-refractivity contribution in [3.63, 3.8) is 0 Å². The second kappa shape index (κ2) is 11.4. The summed E-state index contributed by atoms with van der Waals surface area (Å²) >= 11 is 0. The van der Waals surface area contributed by atoms with E-state index in [1.807, 2.05) is 39.0 Å². The first-order chi connectivity index (χ1) is 14.7. The molecule has 1 aromatic heterocycles. The normalized spacial score (nSPS) is 11.8. The minimum absolute atomic E-state index is 0.00724. The Morgan fingerprint density at radius 2 is 1.90 bits per heavy atom. The molecule has 0 aliphatic carbocycles. The molecule has 170 valence electrons. The van der Waals surface area contributed by atoms with Crippen LogP contribution in [0.5, 0.6) is 0 Å². The van der Waals surface area contributed by atoms with Crippen LogP contribution in [0, 0.1) is 6.92 Å². The predicted octanol–water partition coefficient (Wildman–Crippen LogP) is 3.90. The molecular formula is C24H35N3O3S. The van der Waals surface area contributed by atoms with E-state index in [4.69, 9.17) is 0 Å². The number of aryl methyl sites for hydroxylation is 1. The first-order valence-corrected chi connectivity index (χ1v) is 12.6. The van der Waals surface area contributed by atoms with Crippen LogP contribution in [0.3, 0.4) is 0 Å². The van der Waals surface area contributed by atoms with E-state index in [1.54, 1.807) is 12.4 Å². The molecule has 31 heavy (non-hydrogen) atoms. The summed E-state index contributed by atoms with van der Waals surface area (Å²) in [5.74, 6) is -0.363. The third kappa shape index (κ3) is 7.43. The summed E-state index contributed by atoms with van der Waals surface area (Å²) in [7, 11) is -3.67. The highest BCUT2D eigenvalue weighted by atomic mass is 32.2. The van der Waals surface area contributed by atoms with Crippen molar-refractivity contribution in [3.8, 4) is 11.1 Å². The van der Waals surface area contributed by atoms with Gasteiger partial charge in [-0.2, -0.15) is 0 Å². The van der Waals surface area contributed by atoms with Crippen LogP contribution >= 0.6 is 0 Å². The Balaban J connectivity index is 2.22. The summed E-state index contributed by atoms with van der Waals surface area (Å²) in [5, 5.41) is 0. The number of carbonyl (C=O) groups excluding carboxylic acids is 1. The average molecular weight is 446 g/mol. The van der Waals surface area contributed by atoms with Gasteiger partial charge in [-0.25, -0.2) is 8.42 Å². The van der Waals surface area contributed by atoms with Gasteiger partial charge >= 0.3 is 0 Å². The molecule has 7 heteroatoms. The fourth-order valence-electron chi connectivity index (χ4n) is 3.78. The van der Waals surface area contributed by atoms with Gasteiger partial charge in [-0.3, -0.25) is 14.5 Å². The van der Waals surface area contributed by atoms with E-state index in [2.05, 4.69) is 34.5 Å². The molecule has 0 spiro atoms. The number of rotatable bonds is 11. The second-order valence-electron chi connectivity index (χ2n) is 8.18. The number of amides is 1. The quantitative estimate of drug-likeness (QED) is 0.567. The molecule has 0 saturated carbocycles. The van der Waals surface area contributed by atoms with Crippen LogP contribution in [-0.2, 0) is 21.2 Å². The fourth-order valence-corrected chi connectivity index (χ4v) is 4.81. The van der Waals surface area contributed by atoms with E-state index in [0.717, 1.165) is 40.9 Å². The number of benzene rings is 1. The standard InChI is InChI=1S/C24H35N3O3S/c1-6-27(7-2)12-9-13-31(29,30)26-24(28)16-23-21(18(3)4)14-19(5)15-22(23)20-10-8-11-25-17-20/h8,10-11,14-15,17-18H,6-7,9,12-13,16H2,1-5H3,(H,26,28). The van der Waals surface area contributed by atoms with Gasteiger partial charge in [0.15, 0.2) is 0 Å². The lowest BCUT2D eigenvalue weighted by atomic mass is 9.87. The molecule has 1 aromatic carbocycles.